The first kappa shape index (κ1) is 20.0. The summed E-state index contributed by atoms with van der Waals surface area (Å²) in [5, 5.41) is 9.53. The number of aryl methyl sites for hydroxylation is 1. The van der Waals surface area contributed by atoms with Gasteiger partial charge in [0, 0.05) is 25.6 Å². The zero-order chi connectivity index (χ0) is 22.1. The first-order valence-corrected chi connectivity index (χ1v) is 11.0. The molecule has 0 saturated heterocycles. The smallest absolute Gasteiger partial charge is 0.166 e. The van der Waals surface area contributed by atoms with Crippen molar-refractivity contribution in [2.45, 2.75) is 39.7 Å². The van der Waals surface area contributed by atoms with Crippen molar-refractivity contribution in [3.63, 3.8) is 0 Å². The number of nitrogens with zero attached hydrogens (tertiary/aromatic N) is 4. The minimum absolute atomic E-state index is 0.522. The van der Waals surface area contributed by atoms with Gasteiger partial charge in [0.25, 0.3) is 0 Å². The monoisotopic (exact) mass is 420 g/mol. The molecule has 0 aliphatic carbocycles. The zero-order valence-electron chi connectivity index (χ0n) is 18.3. The maximum absolute atomic E-state index is 9.53. The number of allylic oxidation sites excluding steroid dienone is 1. The van der Waals surface area contributed by atoms with Crippen molar-refractivity contribution in [1.82, 2.24) is 14.5 Å². The average Bonchev–Trinajstić information content (AvgIpc) is 3.06. The highest BCUT2D eigenvalue weighted by atomic mass is 16.5. The van der Waals surface area contributed by atoms with Gasteiger partial charge in [-0.15, -0.1) is 0 Å². The van der Waals surface area contributed by atoms with Crippen LogP contribution in [0.2, 0.25) is 0 Å². The lowest BCUT2D eigenvalue weighted by molar-refractivity contribution is 0.506. The summed E-state index contributed by atoms with van der Waals surface area (Å²) in [6.45, 7) is 4.67. The molecule has 1 aliphatic rings. The number of para-hydroxylation sites is 2. The summed E-state index contributed by atoms with van der Waals surface area (Å²) in [4.78, 5) is 9.37. The van der Waals surface area contributed by atoms with E-state index in [0.717, 1.165) is 64.3 Å². The second kappa shape index (κ2) is 8.32. The third-order valence-corrected chi connectivity index (χ3v) is 5.89. The summed E-state index contributed by atoms with van der Waals surface area (Å²) in [5.41, 5.74) is 6.73. The Morgan fingerprint density at radius 3 is 2.84 bits per heavy atom. The molecule has 158 valence electrons. The van der Waals surface area contributed by atoms with Crippen LogP contribution in [0.3, 0.4) is 0 Å². The van der Waals surface area contributed by atoms with Gasteiger partial charge in [-0.2, -0.15) is 5.26 Å². The number of benzene rings is 2. The Hall–Kier alpha value is -3.91. The van der Waals surface area contributed by atoms with E-state index in [9.17, 15) is 5.26 Å². The largest absolute Gasteiger partial charge is 0.454 e. The molecule has 3 heterocycles. The lowest BCUT2D eigenvalue weighted by Crippen LogP contribution is -2.06. The number of nitriles is 1. The van der Waals surface area contributed by atoms with Crippen molar-refractivity contribution >= 4 is 16.8 Å². The second-order valence-electron chi connectivity index (χ2n) is 8.15. The molecule has 0 N–H and O–H groups in total. The molecule has 0 amide bonds. The fraction of sp³-hybridized carbons (Fsp3) is 0.222. The van der Waals surface area contributed by atoms with Gasteiger partial charge in [-0.3, -0.25) is 4.98 Å². The van der Waals surface area contributed by atoms with Gasteiger partial charge in [0.15, 0.2) is 5.76 Å². The molecule has 2 aromatic heterocycles. The molecule has 5 rings (SSSR count). The number of fused-ring (bicyclic) bond motifs is 3. The van der Waals surface area contributed by atoms with E-state index >= 15 is 0 Å². The van der Waals surface area contributed by atoms with E-state index < -0.39 is 0 Å². The molecule has 5 nitrogen and oxygen atoms in total. The Kier molecular flexibility index (Phi) is 5.20. The number of hydrogen-bond donors (Lipinski definition) is 0. The van der Waals surface area contributed by atoms with Crippen LogP contribution >= 0.6 is 0 Å². The Morgan fingerprint density at radius 2 is 2.00 bits per heavy atom. The van der Waals surface area contributed by atoms with Crippen molar-refractivity contribution < 1.29 is 4.74 Å². The Balaban J connectivity index is 1.57. The van der Waals surface area contributed by atoms with Crippen LogP contribution in [0.4, 0.5) is 0 Å². The Bertz CT molecular complexity index is 1390. The van der Waals surface area contributed by atoms with Crippen molar-refractivity contribution in [3.05, 3.63) is 94.6 Å². The lowest BCUT2D eigenvalue weighted by atomic mass is 10.0. The number of ether oxygens (including phenoxy) is 1. The maximum Gasteiger partial charge on any atom is 0.166 e. The molecule has 4 aromatic rings. The Labute approximate surface area is 187 Å². The van der Waals surface area contributed by atoms with Gasteiger partial charge in [-0.25, -0.2) is 4.98 Å². The van der Waals surface area contributed by atoms with Crippen LogP contribution in [0.15, 0.2) is 66.4 Å². The topological polar surface area (TPSA) is 63.7 Å². The molecule has 1 aliphatic heterocycles. The van der Waals surface area contributed by atoms with Crippen LogP contribution < -0.4 is 4.74 Å². The predicted octanol–water partition coefficient (Wildman–Crippen LogP) is 5.67. The number of imidazole rings is 1. The van der Waals surface area contributed by atoms with Gasteiger partial charge in [0.05, 0.1) is 22.7 Å². The highest BCUT2D eigenvalue weighted by molar-refractivity contribution is 5.76. The maximum atomic E-state index is 9.53. The molecule has 0 fully saturated rings. The SMILES string of the molecule is CCCc1nc2ccccc2n1Cc1ccc2c(c1)OC(=C(C)C#N)c1ncccc1C2. The standard InChI is InChI=1S/C27H24N4O/c1-3-7-25-30-22-9-4-5-10-23(22)31(25)17-19-11-12-20-15-21-8-6-13-29-26(21)27(18(2)16-28)32-24(20)14-19/h4-6,8-14H,3,7,15,17H2,1-2H3. The quantitative estimate of drug-likeness (QED) is 0.399. The van der Waals surface area contributed by atoms with Gasteiger partial charge < -0.3 is 9.30 Å². The summed E-state index contributed by atoms with van der Waals surface area (Å²) in [7, 11) is 0. The molecule has 2 aromatic carbocycles. The van der Waals surface area contributed by atoms with Crippen LogP contribution in [0.5, 0.6) is 5.75 Å². The fourth-order valence-corrected chi connectivity index (χ4v) is 4.29. The molecular weight excluding hydrogens is 396 g/mol. The fourth-order valence-electron chi connectivity index (χ4n) is 4.29. The number of rotatable bonds is 4. The molecule has 0 saturated carbocycles. The van der Waals surface area contributed by atoms with Crippen LogP contribution in [0, 0.1) is 11.3 Å². The summed E-state index contributed by atoms with van der Waals surface area (Å²) in [6.07, 6.45) is 4.44. The van der Waals surface area contributed by atoms with Crippen molar-refractivity contribution in [3.8, 4) is 11.8 Å². The van der Waals surface area contributed by atoms with Gasteiger partial charge in [0.2, 0.25) is 0 Å². The minimum Gasteiger partial charge on any atom is -0.454 e. The van der Waals surface area contributed by atoms with Crippen molar-refractivity contribution in [2.24, 2.45) is 0 Å². The Morgan fingerprint density at radius 1 is 1.12 bits per heavy atom. The van der Waals surface area contributed by atoms with E-state index in [2.05, 4.69) is 58.9 Å². The molecule has 0 bridgehead atoms. The normalized spacial score (nSPS) is 14.2. The van der Waals surface area contributed by atoms with Crippen molar-refractivity contribution in [1.29, 1.82) is 5.26 Å². The van der Waals surface area contributed by atoms with Crippen molar-refractivity contribution in [2.75, 3.05) is 0 Å². The van der Waals surface area contributed by atoms with E-state index in [-0.39, 0.29) is 0 Å². The average molecular weight is 421 g/mol. The molecule has 5 heteroatoms. The van der Waals surface area contributed by atoms with Gasteiger partial charge in [-0.05, 0) is 54.3 Å². The zero-order valence-corrected chi connectivity index (χ0v) is 18.3. The molecule has 32 heavy (non-hydrogen) atoms. The first-order valence-electron chi connectivity index (χ1n) is 11.0. The summed E-state index contributed by atoms with van der Waals surface area (Å²) < 4.78 is 8.63. The third kappa shape index (κ3) is 3.54. The van der Waals surface area contributed by atoms with E-state index in [1.165, 1.54) is 0 Å². The lowest BCUT2D eigenvalue weighted by Gasteiger charge is -2.13. The van der Waals surface area contributed by atoms with Crippen LogP contribution in [0.1, 0.15) is 48.5 Å². The van der Waals surface area contributed by atoms with Gasteiger partial charge in [-0.1, -0.05) is 37.3 Å². The molecule has 0 unspecified atom stereocenters. The molecule has 0 atom stereocenters. The summed E-state index contributed by atoms with van der Waals surface area (Å²) in [6, 6.07) is 20.9. The summed E-state index contributed by atoms with van der Waals surface area (Å²) in [5.74, 6) is 2.42. The van der Waals surface area contributed by atoms with E-state index in [4.69, 9.17) is 9.72 Å². The molecule has 0 spiro atoms. The van der Waals surface area contributed by atoms with Gasteiger partial charge in [0.1, 0.15) is 17.3 Å². The summed E-state index contributed by atoms with van der Waals surface area (Å²) >= 11 is 0. The number of pyridine rings is 1. The van der Waals surface area contributed by atoms with E-state index in [1.54, 1.807) is 13.1 Å². The van der Waals surface area contributed by atoms with Gasteiger partial charge >= 0.3 is 0 Å². The molecule has 0 radical (unpaired) electrons. The highest BCUT2D eigenvalue weighted by Gasteiger charge is 2.22. The first-order chi connectivity index (χ1) is 15.7. The highest BCUT2D eigenvalue weighted by Crippen LogP contribution is 2.35. The van der Waals surface area contributed by atoms with E-state index in [1.807, 2.05) is 18.2 Å². The van der Waals surface area contributed by atoms with Crippen LogP contribution in [-0.2, 0) is 19.4 Å². The molecular formula is C27H24N4O. The number of hydrogen-bond acceptors (Lipinski definition) is 4. The minimum atomic E-state index is 0.522. The third-order valence-electron chi connectivity index (χ3n) is 5.89. The van der Waals surface area contributed by atoms with Crippen LogP contribution in [-0.4, -0.2) is 14.5 Å². The second-order valence-corrected chi connectivity index (χ2v) is 8.15. The van der Waals surface area contributed by atoms with Crippen LogP contribution in [0.25, 0.3) is 16.8 Å². The predicted molar refractivity (Wildman–Crippen MR) is 125 cm³/mol. The van der Waals surface area contributed by atoms with E-state index in [0.29, 0.717) is 17.9 Å². The number of aromatic nitrogens is 3.